The van der Waals surface area contributed by atoms with E-state index in [-0.39, 0.29) is 17.5 Å². The van der Waals surface area contributed by atoms with Gasteiger partial charge in [0.15, 0.2) is 0 Å². The number of hydrogen-bond donors (Lipinski definition) is 3. The van der Waals surface area contributed by atoms with E-state index in [2.05, 4.69) is 50.5 Å². The van der Waals surface area contributed by atoms with Gasteiger partial charge in [0.05, 0.1) is 5.92 Å². The Morgan fingerprint density at radius 1 is 1.00 bits per heavy atom. The normalized spacial score (nSPS) is 47.4. The quantitative estimate of drug-likeness (QED) is 0.306. The van der Waals surface area contributed by atoms with Crippen LogP contribution < -0.4 is 10.6 Å². The van der Waals surface area contributed by atoms with Crippen molar-refractivity contribution in [3.63, 3.8) is 0 Å². The van der Waals surface area contributed by atoms with Gasteiger partial charge in [0.25, 0.3) is 0 Å². The number of nitrogens with zero attached hydrogens (tertiary/aromatic N) is 1. The standard InChI is InChI=1S/C37H57N3O3/c1-24-27(25-7-9-26(10-8-25)32(41)42)13-16-34(2)28(24)14-17-36(4)31(34)12-11-29-30-6-5-15-37(30,19-18-35(29,36)3)39-21-23-40-22-20-38-33(40)43/h7,13,24,26,28-31,39H,5-6,8-12,14-23H2,1-4H3,(H,38,43)(H,41,42)/t24?,26?,28?,29?,30?,31?,34-,35+,36+,37-/m0/s1. The van der Waals surface area contributed by atoms with Crippen LogP contribution in [0, 0.1) is 51.8 Å². The topological polar surface area (TPSA) is 81.7 Å². The highest BCUT2D eigenvalue weighted by Crippen LogP contribution is 2.75. The molecule has 2 amide bonds. The molecule has 0 aromatic carbocycles. The minimum Gasteiger partial charge on any atom is -0.481 e. The van der Waals surface area contributed by atoms with Crippen molar-refractivity contribution in [2.24, 2.45) is 51.8 Å². The molecule has 43 heavy (non-hydrogen) atoms. The van der Waals surface area contributed by atoms with Crippen molar-refractivity contribution in [3.05, 3.63) is 23.3 Å². The van der Waals surface area contributed by atoms with E-state index in [9.17, 15) is 14.7 Å². The van der Waals surface area contributed by atoms with Crippen molar-refractivity contribution in [3.8, 4) is 0 Å². The average Bonchev–Trinajstić information content (AvgIpc) is 3.60. The smallest absolute Gasteiger partial charge is 0.317 e. The Morgan fingerprint density at radius 3 is 2.56 bits per heavy atom. The molecular weight excluding hydrogens is 534 g/mol. The van der Waals surface area contributed by atoms with Gasteiger partial charge in [0, 0.05) is 31.7 Å². The molecule has 0 spiro atoms. The van der Waals surface area contributed by atoms with E-state index in [0.717, 1.165) is 62.7 Å². The van der Waals surface area contributed by atoms with E-state index >= 15 is 0 Å². The summed E-state index contributed by atoms with van der Waals surface area (Å²) in [5, 5.41) is 16.6. The van der Waals surface area contributed by atoms with E-state index in [1.54, 1.807) is 5.57 Å². The number of hydrogen-bond acceptors (Lipinski definition) is 3. The van der Waals surface area contributed by atoms with Gasteiger partial charge in [-0.2, -0.15) is 0 Å². The molecule has 6 unspecified atom stereocenters. The van der Waals surface area contributed by atoms with Crippen molar-refractivity contribution in [2.45, 2.75) is 117 Å². The zero-order valence-electron chi connectivity index (χ0n) is 27.4. The summed E-state index contributed by atoms with van der Waals surface area (Å²) in [6, 6.07) is 0.107. The van der Waals surface area contributed by atoms with Crippen LogP contribution in [0.15, 0.2) is 23.3 Å². The summed E-state index contributed by atoms with van der Waals surface area (Å²) in [6.07, 6.45) is 20.6. The van der Waals surface area contributed by atoms with E-state index in [1.165, 1.54) is 69.8 Å². The van der Waals surface area contributed by atoms with Crippen LogP contribution in [-0.4, -0.2) is 53.7 Å². The summed E-state index contributed by atoms with van der Waals surface area (Å²) in [5.74, 6) is 2.80. The van der Waals surface area contributed by atoms with Crippen LogP contribution in [0.1, 0.15) is 111 Å². The van der Waals surface area contributed by atoms with Gasteiger partial charge in [-0.15, -0.1) is 0 Å². The van der Waals surface area contributed by atoms with E-state index in [0.29, 0.717) is 28.6 Å². The summed E-state index contributed by atoms with van der Waals surface area (Å²) in [5.41, 5.74) is 4.41. The van der Waals surface area contributed by atoms with Gasteiger partial charge < -0.3 is 20.6 Å². The molecule has 238 valence electrons. The Labute approximate surface area is 259 Å². The fraction of sp³-hybridized carbons (Fsp3) is 0.838. The molecule has 10 atom stereocenters. The van der Waals surface area contributed by atoms with Crippen LogP contribution in [0.4, 0.5) is 4.79 Å². The predicted octanol–water partition coefficient (Wildman–Crippen LogP) is 7.17. The van der Waals surface area contributed by atoms with Gasteiger partial charge in [0.1, 0.15) is 0 Å². The van der Waals surface area contributed by atoms with Crippen LogP contribution in [-0.2, 0) is 4.79 Å². The highest BCUT2D eigenvalue weighted by molar-refractivity contribution is 5.76. The molecule has 6 aliphatic carbocycles. The van der Waals surface area contributed by atoms with Crippen LogP contribution in [0.3, 0.4) is 0 Å². The Kier molecular flexibility index (Phi) is 7.38. The second kappa shape index (κ2) is 10.6. The van der Waals surface area contributed by atoms with Crippen molar-refractivity contribution in [1.29, 1.82) is 0 Å². The Hall–Kier alpha value is -1.82. The summed E-state index contributed by atoms with van der Waals surface area (Å²) >= 11 is 0. The number of rotatable bonds is 6. The molecule has 3 N–H and O–H groups in total. The summed E-state index contributed by atoms with van der Waals surface area (Å²) in [4.78, 5) is 25.6. The molecule has 1 saturated heterocycles. The second-order valence-corrected chi connectivity index (χ2v) is 16.7. The lowest BCUT2D eigenvalue weighted by atomic mass is 9.34. The van der Waals surface area contributed by atoms with Gasteiger partial charge >= 0.3 is 12.0 Å². The number of carboxylic acid groups (broad SMARTS) is 1. The molecule has 7 rings (SSSR count). The van der Waals surface area contributed by atoms with E-state index in [1.807, 2.05) is 4.90 Å². The molecule has 5 fully saturated rings. The first-order chi connectivity index (χ1) is 20.5. The first-order valence-electron chi connectivity index (χ1n) is 17.9. The molecule has 0 radical (unpaired) electrons. The molecule has 6 nitrogen and oxygen atoms in total. The van der Waals surface area contributed by atoms with Gasteiger partial charge in [-0.1, -0.05) is 46.3 Å². The first kappa shape index (κ1) is 29.9. The highest BCUT2D eigenvalue weighted by Gasteiger charge is 2.68. The van der Waals surface area contributed by atoms with Crippen LogP contribution in [0.25, 0.3) is 0 Å². The summed E-state index contributed by atoms with van der Waals surface area (Å²) in [6.45, 7) is 14.0. The van der Waals surface area contributed by atoms with Gasteiger partial charge in [0.2, 0.25) is 0 Å². The summed E-state index contributed by atoms with van der Waals surface area (Å²) < 4.78 is 0. The van der Waals surface area contributed by atoms with Gasteiger partial charge in [-0.25, -0.2) is 4.79 Å². The van der Waals surface area contributed by atoms with Crippen molar-refractivity contribution >= 4 is 12.0 Å². The van der Waals surface area contributed by atoms with E-state index < -0.39 is 5.97 Å². The minimum absolute atomic E-state index is 0.107. The van der Waals surface area contributed by atoms with Crippen LogP contribution in [0.5, 0.6) is 0 Å². The Morgan fingerprint density at radius 2 is 1.84 bits per heavy atom. The number of aliphatic carboxylic acids is 1. The monoisotopic (exact) mass is 591 g/mol. The SMILES string of the molecule is CC1C(C2=CCC(C(=O)O)CC2)=CC[C@@]2(C)C1CC[C@]1(C)C2CCC2C3CCC[C@]3(NCCN3CCNC3=O)CC[C@]21C. The molecule has 1 aliphatic heterocycles. The third kappa shape index (κ3) is 4.41. The van der Waals surface area contributed by atoms with Gasteiger partial charge in [-0.3, -0.25) is 4.79 Å². The van der Waals surface area contributed by atoms with Gasteiger partial charge in [-0.05, 0) is 134 Å². The molecule has 0 bridgehead atoms. The maximum atomic E-state index is 12.1. The number of urea groups is 1. The molecule has 6 heteroatoms. The lowest BCUT2D eigenvalue weighted by Gasteiger charge is -2.71. The molecule has 0 aromatic rings. The number of fused-ring (bicyclic) bond motifs is 7. The largest absolute Gasteiger partial charge is 0.481 e. The van der Waals surface area contributed by atoms with Crippen molar-refractivity contribution < 1.29 is 14.7 Å². The zero-order valence-corrected chi connectivity index (χ0v) is 27.4. The van der Waals surface area contributed by atoms with Crippen LogP contribution in [0.2, 0.25) is 0 Å². The fourth-order valence-electron chi connectivity index (χ4n) is 13.0. The maximum absolute atomic E-state index is 12.1. The predicted molar refractivity (Wildman–Crippen MR) is 170 cm³/mol. The first-order valence-corrected chi connectivity index (χ1v) is 17.9. The second-order valence-electron chi connectivity index (χ2n) is 16.7. The number of allylic oxidation sites excluding steroid dienone is 4. The van der Waals surface area contributed by atoms with Crippen LogP contribution >= 0.6 is 0 Å². The number of carboxylic acids is 1. The lowest BCUT2D eigenvalue weighted by molar-refractivity contribution is -0.212. The van der Waals surface area contributed by atoms with Crippen molar-refractivity contribution in [1.82, 2.24) is 15.5 Å². The number of nitrogens with one attached hydrogen (secondary N) is 2. The highest BCUT2D eigenvalue weighted by atomic mass is 16.4. The minimum atomic E-state index is -0.631. The van der Waals surface area contributed by atoms with Crippen molar-refractivity contribution in [2.75, 3.05) is 26.2 Å². The number of carbonyl (C=O) groups is 2. The molecule has 7 aliphatic rings. The summed E-state index contributed by atoms with van der Waals surface area (Å²) in [7, 11) is 0. The third-order valence-corrected chi connectivity index (χ3v) is 15.5. The molecular formula is C37H57N3O3. The Bertz CT molecular complexity index is 1210. The maximum Gasteiger partial charge on any atom is 0.317 e. The average molecular weight is 592 g/mol. The third-order valence-electron chi connectivity index (χ3n) is 15.5. The number of carbonyl (C=O) groups excluding carboxylic acids is 1. The number of amides is 2. The molecule has 0 aromatic heterocycles. The van der Waals surface area contributed by atoms with E-state index in [4.69, 9.17) is 0 Å². The lowest BCUT2D eigenvalue weighted by Crippen LogP contribution is -2.67. The molecule has 4 saturated carbocycles. The fourth-order valence-corrected chi connectivity index (χ4v) is 13.0. The zero-order chi connectivity index (χ0) is 30.2. The molecule has 1 heterocycles. The Balaban J connectivity index is 1.09.